The van der Waals surface area contributed by atoms with Crippen molar-refractivity contribution in [2.24, 2.45) is 0 Å². The van der Waals surface area contributed by atoms with Crippen LogP contribution in [0.1, 0.15) is 18.9 Å². The summed E-state index contributed by atoms with van der Waals surface area (Å²) in [5, 5.41) is 26.4. The van der Waals surface area contributed by atoms with Crippen LogP contribution in [0.5, 0.6) is 0 Å². The van der Waals surface area contributed by atoms with E-state index in [-0.39, 0.29) is 0 Å². The van der Waals surface area contributed by atoms with Gasteiger partial charge in [0.2, 0.25) is 0 Å². The molecule has 15 heavy (non-hydrogen) atoms. The molecular weight excluding hydrogens is 192 g/mol. The number of hydrogen-bond donors (Lipinski definition) is 1. The zero-order valence-electron chi connectivity index (χ0n) is 8.51. The summed E-state index contributed by atoms with van der Waals surface area (Å²) in [5.41, 5.74) is -0.118. The molecule has 0 aromatic carbocycles. The summed E-state index contributed by atoms with van der Waals surface area (Å²) in [6, 6.07) is 3.69. The molecule has 0 atom stereocenters. The van der Waals surface area contributed by atoms with Gasteiger partial charge < -0.3 is 10.0 Å². The molecule has 1 aromatic rings. The second-order valence-corrected chi connectivity index (χ2v) is 3.81. The van der Waals surface area contributed by atoms with Gasteiger partial charge in [-0.25, -0.2) is 0 Å². The number of hydrogen-bond acceptors (Lipinski definition) is 5. The first-order valence-corrected chi connectivity index (χ1v) is 4.87. The summed E-state index contributed by atoms with van der Waals surface area (Å²) < 4.78 is 0. The van der Waals surface area contributed by atoms with Gasteiger partial charge >= 0.3 is 0 Å². The molecule has 1 saturated heterocycles. The van der Waals surface area contributed by atoms with E-state index in [1.54, 1.807) is 6.07 Å². The van der Waals surface area contributed by atoms with Crippen LogP contribution in [0.2, 0.25) is 0 Å². The fourth-order valence-electron chi connectivity index (χ4n) is 1.68. The van der Waals surface area contributed by atoms with E-state index in [1.165, 1.54) is 6.20 Å². The quantitative estimate of drug-likeness (QED) is 0.750. The second-order valence-electron chi connectivity index (χ2n) is 3.81. The van der Waals surface area contributed by atoms with Gasteiger partial charge in [-0.2, -0.15) is 10.4 Å². The molecule has 0 saturated carbocycles. The first-order valence-electron chi connectivity index (χ1n) is 4.87. The molecule has 0 unspecified atom stereocenters. The van der Waals surface area contributed by atoms with Crippen molar-refractivity contribution in [1.29, 1.82) is 5.26 Å². The highest BCUT2D eigenvalue weighted by Gasteiger charge is 2.41. The highest BCUT2D eigenvalue weighted by atomic mass is 16.3. The van der Waals surface area contributed by atoms with Crippen molar-refractivity contribution in [3.63, 3.8) is 0 Å². The molecule has 5 nitrogen and oxygen atoms in total. The van der Waals surface area contributed by atoms with Crippen LogP contribution in [0.25, 0.3) is 0 Å². The number of rotatable bonds is 2. The molecule has 1 fully saturated rings. The molecule has 2 heterocycles. The molecule has 1 aromatic heterocycles. The number of anilines is 1. The first-order chi connectivity index (χ1) is 7.18. The third-order valence-corrected chi connectivity index (χ3v) is 2.75. The van der Waals surface area contributed by atoms with Gasteiger partial charge in [0.05, 0.1) is 30.5 Å². The van der Waals surface area contributed by atoms with Crippen LogP contribution in [-0.4, -0.2) is 34.0 Å². The van der Waals surface area contributed by atoms with E-state index in [1.807, 2.05) is 11.8 Å². The Hall–Kier alpha value is -1.67. The number of nitrogens with zero attached hydrogens (tertiary/aromatic N) is 4. The lowest BCUT2D eigenvalue weighted by Gasteiger charge is -2.46. The summed E-state index contributed by atoms with van der Waals surface area (Å²) in [5.74, 6) is 0.568. The minimum atomic E-state index is -0.621. The van der Waals surface area contributed by atoms with Gasteiger partial charge in [0, 0.05) is 0 Å². The Kier molecular flexibility index (Phi) is 2.29. The Morgan fingerprint density at radius 3 is 3.00 bits per heavy atom. The summed E-state index contributed by atoms with van der Waals surface area (Å²) in [6.07, 6.45) is 2.21. The van der Waals surface area contributed by atoms with Gasteiger partial charge in [0.25, 0.3) is 0 Å². The highest BCUT2D eigenvalue weighted by Crippen LogP contribution is 2.29. The van der Waals surface area contributed by atoms with Crippen molar-refractivity contribution in [3.05, 3.63) is 17.8 Å². The third kappa shape index (κ3) is 1.64. The van der Waals surface area contributed by atoms with Crippen LogP contribution >= 0.6 is 0 Å². The van der Waals surface area contributed by atoms with E-state index in [4.69, 9.17) is 5.26 Å². The van der Waals surface area contributed by atoms with Crippen molar-refractivity contribution in [2.75, 3.05) is 18.0 Å². The standard InChI is InChI=1S/C10H12N4O/c1-2-10(15)6-14(7-10)9-8(5-11)3-4-12-13-9/h3-4,15H,2,6-7H2,1H3. The van der Waals surface area contributed by atoms with Crippen molar-refractivity contribution in [2.45, 2.75) is 18.9 Å². The molecule has 0 amide bonds. The zero-order chi connectivity index (χ0) is 10.9. The average molecular weight is 204 g/mol. The van der Waals surface area contributed by atoms with Gasteiger partial charge in [-0.15, -0.1) is 5.10 Å². The lowest BCUT2D eigenvalue weighted by atomic mass is 9.91. The number of nitriles is 1. The van der Waals surface area contributed by atoms with Crippen LogP contribution in [0.4, 0.5) is 5.82 Å². The van der Waals surface area contributed by atoms with Crippen molar-refractivity contribution in [3.8, 4) is 6.07 Å². The number of β-amino-alcohol motifs (C(OH)–C–C–N with tert-alkyl or cyclic N) is 1. The first kappa shape index (κ1) is 9.87. The lowest BCUT2D eigenvalue weighted by molar-refractivity contribution is 0.00795. The van der Waals surface area contributed by atoms with Crippen LogP contribution < -0.4 is 4.90 Å². The van der Waals surface area contributed by atoms with E-state index < -0.39 is 5.60 Å². The minimum absolute atomic E-state index is 0.503. The fourth-order valence-corrected chi connectivity index (χ4v) is 1.68. The summed E-state index contributed by atoms with van der Waals surface area (Å²) in [6.45, 7) is 2.99. The smallest absolute Gasteiger partial charge is 0.169 e. The fraction of sp³-hybridized carbons (Fsp3) is 0.500. The van der Waals surface area contributed by atoms with Gasteiger partial charge in [-0.3, -0.25) is 0 Å². The zero-order valence-corrected chi connectivity index (χ0v) is 8.51. The molecule has 78 valence electrons. The Morgan fingerprint density at radius 1 is 1.67 bits per heavy atom. The predicted octanol–water partition coefficient (Wildman–Crippen LogP) is 0.309. The summed E-state index contributed by atoms with van der Waals surface area (Å²) in [7, 11) is 0. The van der Waals surface area contributed by atoms with E-state index in [0.29, 0.717) is 30.9 Å². The Morgan fingerprint density at radius 2 is 2.40 bits per heavy atom. The molecule has 0 bridgehead atoms. The van der Waals surface area contributed by atoms with Crippen LogP contribution in [0.15, 0.2) is 12.3 Å². The molecule has 0 radical (unpaired) electrons. The van der Waals surface area contributed by atoms with Crippen LogP contribution in [0, 0.1) is 11.3 Å². The number of aliphatic hydroxyl groups is 1. The third-order valence-electron chi connectivity index (χ3n) is 2.75. The minimum Gasteiger partial charge on any atom is -0.386 e. The Labute approximate surface area is 88.0 Å². The van der Waals surface area contributed by atoms with Crippen molar-refractivity contribution < 1.29 is 5.11 Å². The van der Waals surface area contributed by atoms with E-state index in [9.17, 15) is 5.11 Å². The maximum atomic E-state index is 9.84. The maximum Gasteiger partial charge on any atom is 0.169 e. The van der Waals surface area contributed by atoms with Gasteiger partial charge in [-0.05, 0) is 12.5 Å². The van der Waals surface area contributed by atoms with Gasteiger partial charge in [0.15, 0.2) is 5.82 Å². The molecule has 2 rings (SSSR count). The Bertz CT molecular complexity index is 406. The number of aromatic nitrogens is 2. The van der Waals surface area contributed by atoms with Gasteiger partial charge in [-0.1, -0.05) is 6.92 Å². The van der Waals surface area contributed by atoms with E-state index >= 15 is 0 Å². The largest absolute Gasteiger partial charge is 0.386 e. The lowest BCUT2D eigenvalue weighted by Crippen LogP contribution is -2.62. The topological polar surface area (TPSA) is 73.0 Å². The molecule has 1 aliphatic heterocycles. The summed E-state index contributed by atoms with van der Waals surface area (Å²) >= 11 is 0. The van der Waals surface area contributed by atoms with Crippen LogP contribution in [0.3, 0.4) is 0 Å². The molecule has 1 N–H and O–H groups in total. The van der Waals surface area contributed by atoms with Crippen LogP contribution in [-0.2, 0) is 0 Å². The molecule has 5 heteroatoms. The van der Waals surface area contributed by atoms with Crippen molar-refractivity contribution in [1.82, 2.24) is 10.2 Å². The summed E-state index contributed by atoms with van der Waals surface area (Å²) in [4.78, 5) is 1.87. The molecule has 1 aliphatic rings. The van der Waals surface area contributed by atoms with E-state index in [2.05, 4.69) is 16.3 Å². The maximum absolute atomic E-state index is 9.84. The molecular formula is C10H12N4O. The van der Waals surface area contributed by atoms with Crippen molar-refractivity contribution >= 4 is 5.82 Å². The average Bonchev–Trinajstić information content (AvgIpc) is 2.25. The second kappa shape index (κ2) is 3.48. The molecule has 0 spiro atoms. The molecule has 0 aliphatic carbocycles. The van der Waals surface area contributed by atoms with Gasteiger partial charge in [0.1, 0.15) is 6.07 Å². The Balaban J connectivity index is 2.17. The normalized spacial score (nSPS) is 18.1. The highest BCUT2D eigenvalue weighted by molar-refractivity contribution is 5.55. The SMILES string of the molecule is CCC1(O)CN(c2nnccc2C#N)C1. The predicted molar refractivity (Wildman–Crippen MR) is 54.2 cm³/mol. The van der Waals surface area contributed by atoms with E-state index in [0.717, 1.165) is 0 Å². The monoisotopic (exact) mass is 204 g/mol.